The normalized spacial score (nSPS) is 16.5. The molecule has 0 radical (unpaired) electrons. The number of para-hydroxylation sites is 1. The number of amides is 2. The van der Waals surface area contributed by atoms with Crippen LogP contribution >= 0.6 is 11.8 Å². The lowest BCUT2D eigenvalue weighted by atomic mass is 9.96. The van der Waals surface area contributed by atoms with Crippen molar-refractivity contribution < 1.29 is 14.3 Å². The number of rotatable bonds is 7. The predicted octanol–water partition coefficient (Wildman–Crippen LogP) is 4.05. The molecule has 1 fully saturated rings. The van der Waals surface area contributed by atoms with E-state index in [1.165, 1.54) is 0 Å². The fourth-order valence-corrected chi connectivity index (χ4v) is 3.68. The molecule has 2 amide bonds. The molecule has 1 aliphatic heterocycles. The molecular weight excluding hydrogens is 372 g/mol. The molecule has 28 heavy (non-hydrogen) atoms. The van der Waals surface area contributed by atoms with Gasteiger partial charge in [-0.2, -0.15) is 0 Å². The molecule has 0 bridgehead atoms. The molecule has 1 aliphatic rings. The Kier molecular flexibility index (Phi) is 7.37. The molecule has 5 nitrogen and oxygen atoms in total. The van der Waals surface area contributed by atoms with E-state index in [4.69, 9.17) is 4.74 Å². The average Bonchev–Trinajstić information content (AvgIpc) is 2.75. The number of anilines is 1. The number of nitrogens with zero attached hydrogens (tertiary/aromatic N) is 1. The van der Waals surface area contributed by atoms with E-state index in [2.05, 4.69) is 5.32 Å². The highest BCUT2D eigenvalue weighted by Crippen LogP contribution is 2.21. The number of piperidine rings is 1. The standard InChI is InChI=1S/C22H26N2O3S/c1-28-20-11-9-18(10-12-20)23-22(26)17-6-5-14-24(16-17)21(25)13-15-27-19-7-3-2-4-8-19/h2-4,7-12,17H,5-6,13-16H2,1H3,(H,23,26). The average molecular weight is 399 g/mol. The van der Waals surface area contributed by atoms with Crippen LogP contribution in [0.5, 0.6) is 5.75 Å². The van der Waals surface area contributed by atoms with Gasteiger partial charge in [0.15, 0.2) is 0 Å². The highest BCUT2D eigenvalue weighted by molar-refractivity contribution is 7.98. The molecule has 3 rings (SSSR count). The van der Waals surface area contributed by atoms with Gasteiger partial charge in [-0.15, -0.1) is 11.8 Å². The molecule has 1 atom stereocenters. The fraction of sp³-hybridized carbons (Fsp3) is 0.364. The molecule has 1 heterocycles. The van der Waals surface area contributed by atoms with E-state index in [1.54, 1.807) is 16.7 Å². The van der Waals surface area contributed by atoms with E-state index >= 15 is 0 Å². The molecule has 0 aliphatic carbocycles. The first kappa shape index (κ1) is 20.3. The van der Waals surface area contributed by atoms with Crippen LogP contribution in [0.4, 0.5) is 5.69 Å². The maximum Gasteiger partial charge on any atom is 0.229 e. The van der Waals surface area contributed by atoms with Crippen molar-refractivity contribution in [3.05, 3.63) is 54.6 Å². The van der Waals surface area contributed by atoms with Crippen molar-refractivity contribution in [3.63, 3.8) is 0 Å². The lowest BCUT2D eigenvalue weighted by molar-refractivity contribution is -0.135. The third-order valence-electron chi connectivity index (χ3n) is 4.83. The molecule has 6 heteroatoms. The van der Waals surface area contributed by atoms with Gasteiger partial charge in [0.05, 0.1) is 18.9 Å². The van der Waals surface area contributed by atoms with Gasteiger partial charge in [0, 0.05) is 23.7 Å². The van der Waals surface area contributed by atoms with E-state index in [1.807, 2.05) is 60.9 Å². The van der Waals surface area contributed by atoms with Crippen LogP contribution in [-0.4, -0.2) is 42.7 Å². The summed E-state index contributed by atoms with van der Waals surface area (Å²) in [5, 5.41) is 2.98. The minimum atomic E-state index is -0.173. The third kappa shape index (κ3) is 5.76. The van der Waals surface area contributed by atoms with Gasteiger partial charge in [-0.1, -0.05) is 18.2 Å². The molecule has 0 spiro atoms. The Labute approximate surface area is 170 Å². The van der Waals surface area contributed by atoms with Crippen LogP contribution in [0.3, 0.4) is 0 Å². The molecule has 0 aromatic heterocycles. The smallest absolute Gasteiger partial charge is 0.229 e. The van der Waals surface area contributed by atoms with E-state index < -0.39 is 0 Å². The Morgan fingerprint density at radius 3 is 2.61 bits per heavy atom. The predicted molar refractivity (Wildman–Crippen MR) is 113 cm³/mol. The molecule has 148 valence electrons. The van der Waals surface area contributed by atoms with Gasteiger partial charge in [0.1, 0.15) is 5.75 Å². The summed E-state index contributed by atoms with van der Waals surface area (Å²) in [6.45, 7) is 1.52. The Morgan fingerprint density at radius 2 is 1.89 bits per heavy atom. The van der Waals surface area contributed by atoms with Crippen molar-refractivity contribution in [1.29, 1.82) is 0 Å². The summed E-state index contributed by atoms with van der Waals surface area (Å²) in [7, 11) is 0. The summed E-state index contributed by atoms with van der Waals surface area (Å²) in [5.74, 6) is 0.611. The lowest BCUT2D eigenvalue weighted by Gasteiger charge is -2.32. The molecule has 2 aromatic carbocycles. The van der Waals surface area contributed by atoms with Crippen molar-refractivity contribution >= 4 is 29.3 Å². The first-order valence-electron chi connectivity index (χ1n) is 9.56. The first-order chi connectivity index (χ1) is 13.7. The number of benzene rings is 2. The number of carbonyl (C=O) groups excluding carboxylic acids is 2. The van der Waals surface area contributed by atoms with E-state index in [0.29, 0.717) is 26.1 Å². The lowest BCUT2D eigenvalue weighted by Crippen LogP contribution is -2.44. The van der Waals surface area contributed by atoms with Gasteiger partial charge < -0.3 is 15.0 Å². The van der Waals surface area contributed by atoms with Gasteiger partial charge in [-0.05, 0) is 55.5 Å². The highest BCUT2D eigenvalue weighted by Gasteiger charge is 2.28. The number of thioether (sulfide) groups is 1. The van der Waals surface area contributed by atoms with Crippen LogP contribution in [0.25, 0.3) is 0 Å². The van der Waals surface area contributed by atoms with Crippen LogP contribution in [0.1, 0.15) is 19.3 Å². The molecule has 0 saturated carbocycles. The second-order valence-corrected chi connectivity index (χ2v) is 7.69. The summed E-state index contributed by atoms with van der Waals surface area (Å²) < 4.78 is 5.61. The maximum absolute atomic E-state index is 12.6. The largest absolute Gasteiger partial charge is 0.493 e. The van der Waals surface area contributed by atoms with Gasteiger partial charge in [-0.25, -0.2) is 0 Å². The zero-order valence-corrected chi connectivity index (χ0v) is 16.9. The number of nitrogens with one attached hydrogen (secondary N) is 1. The van der Waals surface area contributed by atoms with E-state index in [9.17, 15) is 9.59 Å². The summed E-state index contributed by atoms with van der Waals surface area (Å²) in [6, 6.07) is 17.3. The third-order valence-corrected chi connectivity index (χ3v) is 5.57. The zero-order chi connectivity index (χ0) is 19.8. The first-order valence-corrected chi connectivity index (χ1v) is 10.8. The Morgan fingerprint density at radius 1 is 1.14 bits per heavy atom. The summed E-state index contributed by atoms with van der Waals surface area (Å²) in [5.41, 5.74) is 0.794. The number of likely N-dealkylation sites (tertiary alicyclic amines) is 1. The minimum Gasteiger partial charge on any atom is -0.493 e. The summed E-state index contributed by atoms with van der Waals surface area (Å²) in [4.78, 5) is 28.1. The Bertz CT molecular complexity index is 780. The summed E-state index contributed by atoms with van der Waals surface area (Å²) >= 11 is 1.67. The van der Waals surface area contributed by atoms with Crippen LogP contribution in [0.2, 0.25) is 0 Å². The van der Waals surface area contributed by atoms with Crippen molar-refractivity contribution in [2.24, 2.45) is 5.92 Å². The molecule has 1 N–H and O–H groups in total. The van der Waals surface area contributed by atoms with Crippen molar-refractivity contribution in [2.45, 2.75) is 24.2 Å². The van der Waals surface area contributed by atoms with Crippen LogP contribution in [0.15, 0.2) is 59.5 Å². The van der Waals surface area contributed by atoms with Gasteiger partial charge in [0.25, 0.3) is 0 Å². The Balaban J connectivity index is 1.46. The SMILES string of the molecule is CSc1ccc(NC(=O)C2CCCN(C(=O)CCOc3ccccc3)C2)cc1. The van der Waals surface area contributed by atoms with E-state index in [0.717, 1.165) is 29.2 Å². The van der Waals surface area contributed by atoms with Crippen molar-refractivity contribution in [2.75, 3.05) is 31.3 Å². The van der Waals surface area contributed by atoms with Crippen LogP contribution in [-0.2, 0) is 9.59 Å². The second kappa shape index (κ2) is 10.2. The number of hydrogen-bond acceptors (Lipinski definition) is 4. The molecular formula is C22H26N2O3S. The molecule has 1 saturated heterocycles. The monoisotopic (exact) mass is 398 g/mol. The number of ether oxygens (including phenoxy) is 1. The fourth-order valence-electron chi connectivity index (χ4n) is 3.27. The van der Waals surface area contributed by atoms with Crippen molar-refractivity contribution in [1.82, 2.24) is 4.90 Å². The van der Waals surface area contributed by atoms with Gasteiger partial charge >= 0.3 is 0 Å². The molecule has 1 unspecified atom stereocenters. The van der Waals surface area contributed by atoms with Crippen molar-refractivity contribution in [3.8, 4) is 5.75 Å². The number of hydrogen-bond donors (Lipinski definition) is 1. The second-order valence-electron chi connectivity index (χ2n) is 6.81. The van der Waals surface area contributed by atoms with Gasteiger partial charge in [-0.3, -0.25) is 9.59 Å². The molecule has 2 aromatic rings. The maximum atomic E-state index is 12.6. The quantitative estimate of drug-likeness (QED) is 0.715. The van der Waals surface area contributed by atoms with Gasteiger partial charge in [0.2, 0.25) is 11.8 Å². The Hall–Kier alpha value is -2.47. The van der Waals surface area contributed by atoms with Crippen LogP contribution in [0, 0.1) is 5.92 Å². The topological polar surface area (TPSA) is 58.6 Å². The zero-order valence-electron chi connectivity index (χ0n) is 16.1. The van der Waals surface area contributed by atoms with E-state index in [-0.39, 0.29) is 17.7 Å². The van der Waals surface area contributed by atoms with Crippen LogP contribution < -0.4 is 10.1 Å². The highest BCUT2D eigenvalue weighted by atomic mass is 32.2. The number of carbonyl (C=O) groups is 2. The minimum absolute atomic E-state index is 0.0186. The summed E-state index contributed by atoms with van der Waals surface area (Å²) in [6.07, 6.45) is 3.99.